The zero-order chi connectivity index (χ0) is 5.82. The van der Waals surface area contributed by atoms with E-state index < -0.39 is 0 Å². The van der Waals surface area contributed by atoms with Gasteiger partial charge in [0.1, 0.15) is 0 Å². The molecule has 1 aromatic carbocycles. The Morgan fingerprint density at radius 2 is 1.80 bits per heavy atom. The summed E-state index contributed by atoms with van der Waals surface area (Å²) in [6.45, 7) is 0. The zero-order valence-electron chi connectivity index (χ0n) is 5.34. The minimum atomic E-state index is 0. The maximum Gasteiger partial charge on any atom is 2.00 e. The molecule has 3 heteroatoms. The normalized spacial score (nSPS) is 6.30. The van der Waals surface area contributed by atoms with Crippen LogP contribution in [-0.2, 0) is 0 Å². The molecule has 0 radical (unpaired) electrons. The van der Waals surface area contributed by atoms with Gasteiger partial charge in [-0.2, -0.15) is 35.6 Å². The van der Waals surface area contributed by atoms with Gasteiger partial charge >= 0.3 is 23.1 Å². The van der Waals surface area contributed by atoms with E-state index in [1.54, 1.807) is 24.3 Å². The Hall–Kier alpha value is -0.0438. The Morgan fingerprint density at radius 3 is 2.10 bits per heavy atom. The van der Waals surface area contributed by atoms with E-state index in [0.717, 1.165) is 0 Å². The second-order valence-electron chi connectivity index (χ2n) is 1.40. The van der Waals surface area contributed by atoms with Crippen LogP contribution in [0.15, 0.2) is 24.3 Å². The van der Waals surface area contributed by atoms with Crippen LogP contribution in [0, 0.1) is 17.4 Å². The van der Waals surface area contributed by atoms with Crippen LogP contribution in [0.3, 0.4) is 0 Å². The van der Waals surface area contributed by atoms with Crippen molar-refractivity contribution in [1.29, 1.82) is 5.26 Å². The number of benzene rings is 1. The fourth-order valence-electron chi connectivity index (χ4n) is 0.461. The molecule has 1 rings (SSSR count). The summed E-state index contributed by atoms with van der Waals surface area (Å²) >= 11 is 0. The first-order valence-corrected chi connectivity index (χ1v) is 2.29. The standard InChI is InChI=1S/C7H4N.BrH.Mg/c8-6-7-4-2-1-3-5-7;;/h2-5H;1H;/q-1;;+2/p-1. The van der Waals surface area contributed by atoms with Gasteiger partial charge in [-0.05, 0) is 0 Å². The van der Waals surface area contributed by atoms with Crippen LogP contribution < -0.4 is 17.0 Å². The first-order chi connectivity index (χ1) is 3.93. The fourth-order valence-corrected chi connectivity index (χ4v) is 0.461. The number of nitriles is 1. The molecule has 0 amide bonds. The van der Waals surface area contributed by atoms with Gasteiger partial charge in [-0.1, -0.05) is 5.56 Å². The Kier molecular flexibility index (Phi) is 8.92. The minimum Gasteiger partial charge on any atom is -1.00 e. The van der Waals surface area contributed by atoms with E-state index in [9.17, 15) is 0 Å². The van der Waals surface area contributed by atoms with Crippen LogP contribution in [0.5, 0.6) is 0 Å². The van der Waals surface area contributed by atoms with Crippen LogP contribution in [0.25, 0.3) is 0 Å². The van der Waals surface area contributed by atoms with Gasteiger partial charge in [0.05, 0.1) is 6.07 Å². The maximum absolute atomic E-state index is 8.27. The van der Waals surface area contributed by atoms with Crippen molar-refractivity contribution < 1.29 is 17.0 Å². The number of halogens is 1. The molecule has 1 nitrogen and oxygen atoms in total. The molecule has 1 aromatic rings. The van der Waals surface area contributed by atoms with Crippen molar-refractivity contribution >= 4 is 23.1 Å². The van der Waals surface area contributed by atoms with Gasteiger partial charge in [0.2, 0.25) is 0 Å². The summed E-state index contributed by atoms with van der Waals surface area (Å²) in [7, 11) is 0. The number of hydrogen-bond acceptors (Lipinski definition) is 1. The van der Waals surface area contributed by atoms with E-state index in [4.69, 9.17) is 5.26 Å². The third kappa shape index (κ3) is 3.88. The summed E-state index contributed by atoms with van der Waals surface area (Å²) in [5.74, 6) is 0. The maximum atomic E-state index is 8.27. The molecule has 10 heavy (non-hydrogen) atoms. The Balaban J connectivity index is 0. The molecule has 0 unspecified atom stereocenters. The molecule has 46 valence electrons. The number of nitrogens with zero attached hydrogens (tertiary/aromatic N) is 1. The topological polar surface area (TPSA) is 23.8 Å². The van der Waals surface area contributed by atoms with E-state index in [2.05, 4.69) is 6.07 Å². The van der Waals surface area contributed by atoms with Crippen molar-refractivity contribution in [3.05, 3.63) is 35.9 Å². The molecular weight excluding hydrogens is 202 g/mol. The molecule has 0 bridgehead atoms. The quantitative estimate of drug-likeness (QED) is 0.355. The summed E-state index contributed by atoms with van der Waals surface area (Å²) in [5.41, 5.74) is 0.684. The molecule has 0 saturated heterocycles. The average Bonchev–Trinajstić information content (AvgIpc) is 1.90. The van der Waals surface area contributed by atoms with Crippen molar-refractivity contribution in [1.82, 2.24) is 0 Å². The van der Waals surface area contributed by atoms with E-state index in [1.807, 2.05) is 6.07 Å². The van der Waals surface area contributed by atoms with Crippen molar-refractivity contribution in [2.75, 3.05) is 0 Å². The molecule has 0 spiro atoms. The molecule has 0 aliphatic rings. The SMILES string of the molecule is N#Cc1cc[c-]cc1.[Br-].[Mg+2]. The van der Waals surface area contributed by atoms with Gasteiger partial charge in [0, 0.05) is 0 Å². The molecule has 0 aliphatic heterocycles. The molecule has 0 N–H and O–H groups in total. The summed E-state index contributed by atoms with van der Waals surface area (Å²) in [6.07, 6.45) is 0. The zero-order valence-corrected chi connectivity index (χ0v) is 8.34. The monoisotopic (exact) mass is 205 g/mol. The molecule has 0 atom stereocenters. The summed E-state index contributed by atoms with van der Waals surface area (Å²) in [6, 6.07) is 11.7. The van der Waals surface area contributed by atoms with E-state index in [-0.39, 0.29) is 40.0 Å². The van der Waals surface area contributed by atoms with Crippen LogP contribution in [0.4, 0.5) is 0 Å². The molecular formula is C7H4BrMgN. The van der Waals surface area contributed by atoms with Crippen molar-refractivity contribution in [2.45, 2.75) is 0 Å². The molecule has 0 heterocycles. The largest absolute Gasteiger partial charge is 2.00 e. The molecule has 0 aromatic heterocycles. The Bertz CT molecular complexity index is 205. The van der Waals surface area contributed by atoms with E-state index in [0.29, 0.717) is 5.56 Å². The number of hydrogen-bond donors (Lipinski definition) is 0. The smallest absolute Gasteiger partial charge is 1.00 e. The Labute approximate surface area is 87.0 Å². The summed E-state index contributed by atoms with van der Waals surface area (Å²) in [4.78, 5) is 0. The third-order valence-electron chi connectivity index (χ3n) is 0.847. The first kappa shape index (κ1) is 12.6. The van der Waals surface area contributed by atoms with Gasteiger partial charge in [-0.25, -0.2) is 0 Å². The van der Waals surface area contributed by atoms with Crippen molar-refractivity contribution in [3.63, 3.8) is 0 Å². The molecule has 0 aliphatic carbocycles. The second-order valence-corrected chi connectivity index (χ2v) is 1.40. The van der Waals surface area contributed by atoms with Crippen molar-refractivity contribution in [2.24, 2.45) is 0 Å². The van der Waals surface area contributed by atoms with Gasteiger partial charge in [-0.15, -0.1) is 0 Å². The molecule has 0 fully saturated rings. The Morgan fingerprint density at radius 1 is 1.30 bits per heavy atom. The van der Waals surface area contributed by atoms with Crippen LogP contribution in [0.1, 0.15) is 5.56 Å². The minimum absolute atomic E-state index is 0. The first-order valence-electron chi connectivity index (χ1n) is 2.29. The fraction of sp³-hybridized carbons (Fsp3) is 0. The number of rotatable bonds is 0. The van der Waals surface area contributed by atoms with Crippen LogP contribution >= 0.6 is 0 Å². The summed E-state index contributed by atoms with van der Waals surface area (Å²) in [5, 5.41) is 8.27. The van der Waals surface area contributed by atoms with Gasteiger partial charge < -0.3 is 17.0 Å². The van der Waals surface area contributed by atoms with Crippen LogP contribution in [-0.4, -0.2) is 23.1 Å². The summed E-state index contributed by atoms with van der Waals surface area (Å²) < 4.78 is 0. The third-order valence-corrected chi connectivity index (χ3v) is 0.847. The predicted octanol–water partition coefficient (Wildman–Crippen LogP) is -2.02. The average molecular weight is 206 g/mol. The second kappa shape index (κ2) is 7.07. The van der Waals surface area contributed by atoms with Crippen LogP contribution in [0.2, 0.25) is 0 Å². The van der Waals surface area contributed by atoms with Gasteiger partial charge in [0.25, 0.3) is 0 Å². The van der Waals surface area contributed by atoms with Gasteiger partial charge in [0.15, 0.2) is 0 Å². The molecule has 0 saturated carbocycles. The van der Waals surface area contributed by atoms with E-state index >= 15 is 0 Å². The van der Waals surface area contributed by atoms with Gasteiger partial charge in [-0.3, -0.25) is 0 Å². The van der Waals surface area contributed by atoms with E-state index in [1.165, 1.54) is 0 Å². The van der Waals surface area contributed by atoms with Crippen molar-refractivity contribution in [3.8, 4) is 6.07 Å². The predicted molar refractivity (Wildman–Crippen MR) is 35.7 cm³/mol.